The molecule has 0 bridgehead atoms. The smallest absolute Gasteiger partial charge is 0.268 e. The van der Waals surface area contributed by atoms with Crippen LogP contribution in [0.4, 0.5) is 0 Å². The number of hydrogen-bond donors (Lipinski definition) is 1. The lowest BCUT2D eigenvalue weighted by Crippen LogP contribution is -2.36. The van der Waals surface area contributed by atoms with Gasteiger partial charge in [-0.25, -0.2) is 0 Å². The van der Waals surface area contributed by atoms with Crippen LogP contribution in [0.3, 0.4) is 0 Å². The fourth-order valence-corrected chi connectivity index (χ4v) is 3.32. The van der Waals surface area contributed by atoms with Crippen molar-refractivity contribution in [3.05, 3.63) is 11.4 Å². The number of carbonyl (C=O) groups is 1. The van der Waals surface area contributed by atoms with Crippen LogP contribution >= 0.6 is 0 Å². The van der Waals surface area contributed by atoms with Crippen LogP contribution in [0.2, 0.25) is 0 Å². The van der Waals surface area contributed by atoms with Gasteiger partial charge in [0.15, 0.2) is 0 Å². The van der Waals surface area contributed by atoms with E-state index in [4.69, 9.17) is 5.73 Å². The molecule has 0 fully saturated rings. The fraction of sp³-hybridized carbons (Fsp3) is 0.812. The lowest BCUT2D eigenvalue weighted by molar-refractivity contribution is 0.0972. The molecule has 4 nitrogen and oxygen atoms in total. The maximum absolute atomic E-state index is 11.4. The molecule has 0 saturated heterocycles. The molecule has 1 aromatic heterocycles. The number of aromatic nitrogens is 2. The maximum atomic E-state index is 11.4. The third-order valence-corrected chi connectivity index (χ3v) is 4.31. The highest BCUT2D eigenvalue weighted by Gasteiger charge is 2.24. The topological polar surface area (TPSA) is 52.9 Å². The molecule has 0 saturated carbocycles. The first-order valence-electron chi connectivity index (χ1n) is 7.97. The van der Waals surface area contributed by atoms with Crippen molar-refractivity contribution in [1.29, 1.82) is 0 Å². The van der Waals surface area contributed by atoms with Crippen molar-refractivity contribution in [2.75, 3.05) is 0 Å². The summed E-state index contributed by atoms with van der Waals surface area (Å²) in [5.41, 5.74) is 7.10. The summed E-state index contributed by atoms with van der Waals surface area (Å²) in [6.07, 6.45) is 7.32. The lowest BCUT2D eigenvalue weighted by atomic mass is 9.95. The molecule has 0 radical (unpaired) electrons. The highest BCUT2D eigenvalue weighted by molar-refractivity contribution is 5.92. The molecule has 116 valence electrons. The van der Waals surface area contributed by atoms with E-state index in [1.807, 2.05) is 18.7 Å². The molecule has 2 N–H and O–H groups in total. The van der Waals surface area contributed by atoms with Crippen LogP contribution in [0, 0.1) is 12.8 Å². The molecular formula is C16H31N3O. The second-order valence-corrected chi connectivity index (χ2v) is 6.08. The zero-order valence-electron chi connectivity index (χ0n) is 13.8. The Hall–Kier alpha value is -1.19. The van der Waals surface area contributed by atoms with Gasteiger partial charge in [0.05, 0.1) is 11.7 Å². The molecule has 1 aromatic rings. The molecule has 0 aliphatic carbocycles. The molecule has 2 unspecified atom stereocenters. The predicted octanol–water partition coefficient (Wildman–Crippen LogP) is 3.79. The van der Waals surface area contributed by atoms with E-state index in [1.165, 1.54) is 25.7 Å². The molecule has 2 atom stereocenters. The van der Waals surface area contributed by atoms with E-state index >= 15 is 0 Å². The van der Waals surface area contributed by atoms with Crippen LogP contribution in [0.5, 0.6) is 0 Å². The summed E-state index contributed by atoms with van der Waals surface area (Å²) in [5, 5.41) is 0. The minimum atomic E-state index is -0.323. The van der Waals surface area contributed by atoms with Gasteiger partial charge in [-0.2, -0.15) is 0 Å². The van der Waals surface area contributed by atoms with E-state index in [2.05, 4.69) is 25.5 Å². The minimum absolute atomic E-state index is 0.323. The molecule has 0 spiro atoms. The average molecular weight is 281 g/mol. The highest BCUT2D eigenvalue weighted by atomic mass is 16.1. The summed E-state index contributed by atoms with van der Waals surface area (Å²) < 4.78 is 4.19. The first kappa shape index (κ1) is 16.9. The Bertz CT molecular complexity index is 413. The van der Waals surface area contributed by atoms with Gasteiger partial charge in [0.1, 0.15) is 5.69 Å². The Morgan fingerprint density at radius 2 is 1.75 bits per heavy atom. The quantitative estimate of drug-likeness (QED) is 0.735. The number of nitrogens with zero attached hydrogens (tertiary/aromatic N) is 2. The van der Waals surface area contributed by atoms with Crippen LogP contribution in [-0.4, -0.2) is 15.3 Å². The van der Waals surface area contributed by atoms with E-state index in [1.54, 1.807) is 0 Å². The molecule has 0 aliphatic rings. The second kappa shape index (κ2) is 7.55. The molecule has 1 rings (SSSR count). The summed E-state index contributed by atoms with van der Waals surface area (Å²) in [7, 11) is 1.94. The third kappa shape index (κ3) is 3.68. The Kier molecular flexibility index (Phi) is 6.37. The van der Waals surface area contributed by atoms with Crippen molar-refractivity contribution >= 4 is 5.91 Å². The SMILES string of the molecule is CCCC(C)CCC(CCC)n1c(C)c(C(N)=O)n1C. The van der Waals surface area contributed by atoms with Crippen LogP contribution < -0.4 is 5.73 Å². The largest absolute Gasteiger partial charge is 0.364 e. The number of nitrogens with two attached hydrogens (primary N) is 1. The Labute approximate surface area is 123 Å². The number of hydrogen-bond acceptors (Lipinski definition) is 1. The summed E-state index contributed by atoms with van der Waals surface area (Å²) >= 11 is 0. The Morgan fingerprint density at radius 3 is 2.20 bits per heavy atom. The van der Waals surface area contributed by atoms with Crippen molar-refractivity contribution in [3.63, 3.8) is 0 Å². The van der Waals surface area contributed by atoms with E-state index in [0.717, 1.165) is 24.5 Å². The van der Waals surface area contributed by atoms with Gasteiger partial charge < -0.3 is 5.73 Å². The van der Waals surface area contributed by atoms with Gasteiger partial charge in [0, 0.05) is 7.05 Å². The highest BCUT2D eigenvalue weighted by Crippen LogP contribution is 2.28. The zero-order valence-corrected chi connectivity index (χ0v) is 13.8. The molecule has 20 heavy (non-hydrogen) atoms. The average Bonchev–Trinajstić information content (AvgIpc) is 2.36. The standard InChI is InChI=1S/C16H31N3O/c1-6-8-12(3)10-11-14(9-7-2)19-13(4)15(16(17)20)18(19)5/h12,14H,6-11H2,1-5H3,(H2,17,20). The van der Waals surface area contributed by atoms with Gasteiger partial charge in [0.25, 0.3) is 5.91 Å². The van der Waals surface area contributed by atoms with Gasteiger partial charge in [-0.1, -0.05) is 40.0 Å². The van der Waals surface area contributed by atoms with Gasteiger partial charge in [0.2, 0.25) is 0 Å². The summed E-state index contributed by atoms with van der Waals surface area (Å²) in [4.78, 5) is 11.4. The fourth-order valence-electron chi connectivity index (χ4n) is 3.32. The minimum Gasteiger partial charge on any atom is -0.364 e. The van der Waals surface area contributed by atoms with E-state index in [0.29, 0.717) is 11.7 Å². The van der Waals surface area contributed by atoms with Crippen LogP contribution in [0.25, 0.3) is 0 Å². The first-order valence-corrected chi connectivity index (χ1v) is 7.97. The van der Waals surface area contributed by atoms with Crippen LogP contribution in [0.15, 0.2) is 0 Å². The van der Waals surface area contributed by atoms with Crippen LogP contribution in [0.1, 0.15) is 81.5 Å². The zero-order chi connectivity index (χ0) is 15.3. The van der Waals surface area contributed by atoms with Crippen molar-refractivity contribution in [2.45, 2.75) is 72.3 Å². The molecule has 1 heterocycles. The van der Waals surface area contributed by atoms with E-state index in [-0.39, 0.29) is 5.91 Å². The molecule has 0 aromatic carbocycles. The molecule has 4 heteroatoms. The molecule has 1 amide bonds. The predicted molar refractivity (Wildman–Crippen MR) is 83.9 cm³/mol. The van der Waals surface area contributed by atoms with E-state index in [9.17, 15) is 4.79 Å². The summed E-state index contributed by atoms with van der Waals surface area (Å²) in [6, 6.07) is 0.493. The third-order valence-electron chi connectivity index (χ3n) is 4.31. The molecular weight excluding hydrogens is 250 g/mol. The lowest BCUT2D eigenvalue weighted by Gasteiger charge is -2.33. The van der Waals surface area contributed by atoms with Gasteiger partial charge in [-0.15, -0.1) is 0 Å². The van der Waals surface area contributed by atoms with E-state index < -0.39 is 0 Å². The van der Waals surface area contributed by atoms with Gasteiger partial charge >= 0.3 is 0 Å². The summed E-state index contributed by atoms with van der Waals surface area (Å²) in [6.45, 7) is 8.80. The number of primary amides is 1. The normalized spacial score (nSPS) is 14.4. The van der Waals surface area contributed by atoms with Crippen molar-refractivity contribution in [2.24, 2.45) is 18.7 Å². The van der Waals surface area contributed by atoms with Gasteiger partial charge in [-0.05, 0) is 32.1 Å². The number of amides is 1. The van der Waals surface area contributed by atoms with Crippen molar-refractivity contribution in [3.8, 4) is 0 Å². The van der Waals surface area contributed by atoms with Gasteiger partial charge in [-0.3, -0.25) is 14.2 Å². The monoisotopic (exact) mass is 281 g/mol. The Balaban J connectivity index is 2.76. The second-order valence-electron chi connectivity index (χ2n) is 6.08. The number of carbonyl (C=O) groups excluding carboxylic acids is 1. The maximum Gasteiger partial charge on any atom is 0.268 e. The number of rotatable bonds is 9. The molecule has 0 aliphatic heterocycles. The van der Waals surface area contributed by atoms with Crippen molar-refractivity contribution in [1.82, 2.24) is 9.36 Å². The first-order chi connectivity index (χ1) is 9.43. The van der Waals surface area contributed by atoms with Crippen LogP contribution in [-0.2, 0) is 7.05 Å². The Morgan fingerprint density at radius 1 is 1.15 bits per heavy atom. The summed E-state index contributed by atoms with van der Waals surface area (Å²) in [5.74, 6) is 0.460. The van der Waals surface area contributed by atoms with Crippen molar-refractivity contribution < 1.29 is 4.79 Å².